The van der Waals surface area contributed by atoms with E-state index in [0.717, 1.165) is 6.07 Å². The molecule has 2 aromatic rings. The average Bonchev–Trinajstić information content (AvgIpc) is 2.77. The maximum atomic E-state index is 11.8. The Balaban J connectivity index is 2.32. The fraction of sp³-hybridized carbons (Fsp3) is 0. The van der Waals surface area contributed by atoms with Gasteiger partial charge in [-0.2, -0.15) is 5.10 Å². The number of amides is 1. The summed E-state index contributed by atoms with van der Waals surface area (Å²) in [5.74, 6) is -0.632. The smallest absolute Gasteiger partial charge is 0.294 e. The van der Waals surface area contributed by atoms with E-state index in [1.165, 1.54) is 18.3 Å². The molecule has 0 saturated carbocycles. The molecule has 1 heterocycles. The van der Waals surface area contributed by atoms with Crippen LogP contribution >= 0.6 is 23.2 Å². The Morgan fingerprint density at radius 1 is 1.42 bits per heavy atom. The summed E-state index contributed by atoms with van der Waals surface area (Å²) in [4.78, 5) is 22.0. The predicted octanol–water partition coefficient (Wildman–Crippen LogP) is 2.88. The van der Waals surface area contributed by atoms with E-state index in [0.29, 0.717) is 0 Å². The van der Waals surface area contributed by atoms with Crippen LogP contribution in [0.2, 0.25) is 10.0 Å². The number of carbonyl (C=O) groups excluding carboxylic acids is 1. The maximum Gasteiger partial charge on any atom is 0.294 e. The molecule has 0 unspecified atom stereocenters. The zero-order chi connectivity index (χ0) is 14.0. The summed E-state index contributed by atoms with van der Waals surface area (Å²) >= 11 is 11.4. The van der Waals surface area contributed by atoms with Crippen molar-refractivity contribution in [1.82, 2.24) is 10.2 Å². The number of halogens is 2. The molecule has 0 spiro atoms. The highest BCUT2D eigenvalue weighted by Gasteiger charge is 2.19. The molecule has 9 heteroatoms. The normalized spacial score (nSPS) is 10.2. The van der Waals surface area contributed by atoms with E-state index in [1.54, 1.807) is 0 Å². The van der Waals surface area contributed by atoms with Crippen LogP contribution in [0.5, 0.6) is 0 Å². The van der Waals surface area contributed by atoms with Gasteiger partial charge in [-0.3, -0.25) is 20.0 Å². The van der Waals surface area contributed by atoms with Gasteiger partial charge in [0.2, 0.25) is 0 Å². The van der Waals surface area contributed by atoms with Crippen LogP contribution in [0.3, 0.4) is 0 Å². The van der Waals surface area contributed by atoms with E-state index in [4.69, 9.17) is 23.2 Å². The Bertz CT molecular complexity index is 656. The third-order valence-corrected chi connectivity index (χ3v) is 2.75. The summed E-state index contributed by atoms with van der Waals surface area (Å²) in [5.41, 5.74) is -0.271. The van der Waals surface area contributed by atoms with Gasteiger partial charge in [0.1, 0.15) is 11.4 Å². The Labute approximate surface area is 116 Å². The molecule has 19 heavy (non-hydrogen) atoms. The van der Waals surface area contributed by atoms with Gasteiger partial charge in [0.15, 0.2) is 0 Å². The Kier molecular flexibility index (Phi) is 3.68. The summed E-state index contributed by atoms with van der Waals surface area (Å²) in [5, 5.41) is 19.5. The minimum absolute atomic E-state index is 0.0186. The number of aromatic nitrogens is 2. The molecule has 0 aliphatic carbocycles. The molecule has 1 aromatic carbocycles. The van der Waals surface area contributed by atoms with Gasteiger partial charge in [-0.25, -0.2) is 0 Å². The highest BCUT2D eigenvalue weighted by atomic mass is 35.5. The van der Waals surface area contributed by atoms with E-state index >= 15 is 0 Å². The number of rotatable bonds is 3. The lowest BCUT2D eigenvalue weighted by atomic mass is 10.2. The first-order chi connectivity index (χ1) is 8.99. The Morgan fingerprint density at radius 3 is 2.74 bits per heavy atom. The number of H-pyrrole nitrogens is 1. The standard InChI is InChI=1S/C10H6Cl2N4O3/c11-5-1-2-7(8(3-5)16(18)19)14-10(17)9-6(12)4-13-15-9/h1-4H,(H,13,15)(H,14,17). The summed E-state index contributed by atoms with van der Waals surface area (Å²) in [6.45, 7) is 0. The highest BCUT2D eigenvalue weighted by Crippen LogP contribution is 2.28. The van der Waals surface area contributed by atoms with Gasteiger partial charge < -0.3 is 5.32 Å². The van der Waals surface area contributed by atoms with E-state index in [9.17, 15) is 14.9 Å². The number of nitro groups is 1. The van der Waals surface area contributed by atoms with Crippen molar-refractivity contribution in [3.05, 3.63) is 50.2 Å². The van der Waals surface area contributed by atoms with Gasteiger partial charge in [-0.1, -0.05) is 23.2 Å². The van der Waals surface area contributed by atoms with Crippen molar-refractivity contribution < 1.29 is 9.72 Å². The zero-order valence-electron chi connectivity index (χ0n) is 9.18. The van der Waals surface area contributed by atoms with Crippen molar-refractivity contribution in [1.29, 1.82) is 0 Å². The van der Waals surface area contributed by atoms with Crippen LogP contribution in [0.25, 0.3) is 0 Å². The number of anilines is 1. The van der Waals surface area contributed by atoms with Gasteiger partial charge in [0, 0.05) is 11.1 Å². The molecule has 0 aliphatic heterocycles. The molecule has 2 rings (SSSR count). The summed E-state index contributed by atoms with van der Waals surface area (Å²) in [6.07, 6.45) is 1.26. The maximum absolute atomic E-state index is 11.8. The molecule has 0 fully saturated rings. The third kappa shape index (κ3) is 2.83. The zero-order valence-corrected chi connectivity index (χ0v) is 10.7. The molecule has 98 valence electrons. The lowest BCUT2D eigenvalue weighted by Crippen LogP contribution is -2.14. The second kappa shape index (κ2) is 5.25. The molecule has 0 saturated heterocycles. The number of aromatic amines is 1. The second-order valence-corrected chi connectivity index (χ2v) is 4.31. The first-order valence-electron chi connectivity index (χ1n) is 4.93. The number of carbonyl (C=O) groups is 1. The van der Waals surface area contributed by atoms with Crippen molar-refractivity contribution in [2.75, 3.05) is 5.32 Å². The van der Waals surface area contributed by atoms with Crippen LogP contribution in [-0.2, 0) is 0 Å². The largest absolute Gasteiger partial charge is 0.315 e. The Hall–Kier alpha value is -2.12. The number of nitrogens with zero attached hydrogens (tertiary/aromatic N) is 2. The van der Waals surface area contributed by atoms with Gasteiger partial charge in [-0.15, -0.1) is 0 Å². The van der Waals surface area contributed by atoms with Crippen LogP contribution in [-0.4, -0.2) is 21.0 Å². The van der Waals surface area contributed by atoms with Crippen molar-refractivity contribution in [3.8, 4) is 0 Å². The second-order valence-electron chi connectivity index (χ2n) is 3.47. The molecule has 7 nitrogen and oxygen atoms in total. The number of hydrogen-bond donors (Lipinski definition) is 2. The summed E-state index contributed by atoms with van der Waals surface area (Å²) in [6, 6.07) is 3.91. The topological polar surface area (TPSA) is 101 Å². The quantitative estimate of drug-likeness (QED) is 0.672. The molecule has 0 radical (unpaired) electrons. The van der Waals surface area contributed by atoms with Crippen molar-refractivity contribution in [2.45, 2.75) is 0 Å². The number of benzene rings is 1. The van der Waals surface area contributed by atoms with Crippen LogP contribution in [0.15, 0.2) is 24.4 Å². The summed E-state index contributed by atoms with van der Waals surface area (Å²) < 4.78 is 0. The van der Waals surface area contributed by atoms with E-state index in [-0.39, 0.29) is 27.1 Å². The highest BCUT2D eigenvalue weighted by molar-refractivity contribution is 6.34. The molecule has 0 bridgehead atoms. The van der Waals surface area contributed by atoms with E-state index < -0.39 is 10.8 Å². The fourth-order valence-electron chi connectivity index (χ4n) is 1.38. The molecule has 2 N–H and O–H groups in total. The molecular weight excluding hydrogens is 295 g/mol. The number of nitrogens with one attached hydrogen (secondary N) is 2. The third-order valence-electron chi connectivity index (χ3n) is 2.22. The van der Waals surface area contributed by atoms with Gasteiger partial charge in [0.05, 0.1) is 16.1 Å². The lowest BCUT2D eigenvalue weighted by Gasteiger charge is -2.05. The van der Waals surface area contributed by atoms with Gasteiger partial charge in [-0.05, 0) is 12.1 Å². The molecule has 0 atom stereocenters. The first kappa shape index (κ1) is 13.3. The van der Waals surface area contributed by atoms with Crippen molar-refractivity contribution in [3.63, 3.8) is 0 Å². The van der Waals surface area contributed by atoms with E-state index in [2.05, 4.69) is 15.5 Å². The minimum atomic E-state index is -0.643. The van der Waals surface area contributed by atoms with Gasteiger partial charge >= 0.3 is 0 Å². The SMILES string of the molecule is O=C(Nc1ccc(Cl)cc1[N+](=O)[O-])c1[nH]ncc1Cl. The minimum Gasteiger partial charge on any atom is -0.315 e. The van der Waals surface area contributed by atoms with Gasteiger partial charge in [0.25, 0.3) is 11.6 Å². The monoisotopic (exact) mass is 300 g/mol. The van der Waals surface area contributed by atoms with E-state index in [1.807, 2.05) is 0 Å². The molecule has 1 amide bonds. The lowest BCUT2D eigenvalue weighted by molar-refractivity contribution is -0.383. The first-order valence-corrected chi connectivity index (χ1v) is 5.69. The van der Waals surface area contributed by atoms with Crippen LogP contribution < -0.4 is 5.32 Å². The predicted molar refractivity (Wildman–Crippen MR) is 69.7 cm³/mol. The summed E-state index contributed by atoms with van der Waals surface area (Å²) in [7, 11) is 0. The van der Waals surface area contributed by atoms with Crippen LogP contribution in [0.1, 0.15) is 10.5 Å². The number of nitro benzene ring substituents is 1. The molecule has 1 aromatic heterocycles. The van der Waals surface area contributed by atoms with Crippen molar-refractivity contribution in [2.24, 2.45) is 0 Å². The van der Waals surface area contributed by atoms with Crippen molar-refractivity contribution >= 4 is 40.5 Å². The fourth-order valence-corrected chi connectivity index (χ4v) is 1.72. The molecule has 0 aliphatic rings. The average molecular weight is 301 g/mol. The molecular formula is C10H6Cl2N4O3. The Morgan fingerprint density at radius 2 is 2.16 bits per heavy atom. The number of hydrogen-bond acceptors (Lipinski definition) is 4. The van der Waals surface area contributed by atoms with Crippen LogP contribution in [0.4, 0.5) is 11.4 Å². The van der Waals surface area contributed by atoms with Crippen LogP contribution in [0, 0.1) is 10.1 Å².